The van der Waals surface area contributed by atoms with E-state index in [2.05, 4.69) is 0 Å². The number of carbonyl (C=O) groups is 2. The van der Waals surface area contributed by atoms with Crippen LogP contribution < -0.4 is 14.2 Å². The molecule has 0 aliphatic carbocycles. The lowest BCUT2D eigenvalue weighted by Crippen LogP contribution is -2.08. The average molecular weight is 455 g/mol. The van der Waals surface area contributed by atoms with Crippen LogP contribution >= 0.6 is 23.2 Å². The number of hydrogen-bond donors (Lipinski definition) is 0. The van der Waals surface area contributed by atoms with Crippen LogP contribution in [0.4, 0.5) is 0 Å². The summed E-state index contributed by atoms with van der Waals surface area (Å²) in [6.45, 7) is 1.75. The van der Waals surface area contributed by atoms with E-state index in [0.717, 1.165) is 0 Å². The normalized spacial score (nSPS) is 13.7. The van der Waals surface area contributed by atoms with Crippen LogP contribution in [0.3, 0.4) is 0 Å². The molecule has 3 aromatic carbocycles. The molecule has 0 fully saturated rings. The summed E-state index contributed by atoms with van der Waals surface area (Å²) in [6.07, 6.45) is 1.51. The number of rotatable bonds is 4. The highest BCUT2D eigenvalue weighted by atomic mass is 35.5. The van der Waals surface area contributed by atoms with Crippen molar-refractivity contribution in [1.82, 2.24) is 0 Å². The summed E-state index contributed by atoms with van der Waals surface area (Å²) in [4.78, 5) is 25.3. The molecular weight excluding hydrogens is 439 g/mol. The summed E-state index contributed by atoms with van der Waals surface area (Å²) in [6, 6.07) is 14.7. The van der Waals surface area contributed by atoms with Crippen molar-refractivity contribution in [3.8, 4) is 17.2 Å². The van der Waals surface area contributed by atoms with Gasteiger partial charge in [-0.25, -0.2) is 4.79 Å². The molecule has 0 aromatic heterocycles. The lowest BCUT2D eigenvalue weighted by molar-refractivity contribution is 0.0734. The van der Waals surface area contributed by atoms with Crippen LogP contribution in [0.15, 0.2) is 60.4 Å². The molecule has 0 unspecified atom stereocenters. The van der Waals surface area contributed by atoms with Gasteiger partial charge in [0.25, 0.3) is 0 Å². The first-order valence-electron chi connectivity index (χ1n) is 9.26. The maximum absolute atomic E-state index is 12.9. The first kappa shape index (κ1) is 21.0. The average Bonchev–Trinajstić information content (AvgIpc) is 3.06. The first-order chi connectivity index (χ1) is 14.9. The van der Waals surface area contributed by atoms with E-state index in [-0.39, 0.29) is 17.3 Å². The highest BCUT2D eigenvalue weighted by Crippen LogP contribution is 2.39. The minimum Gasteiger partial charge on any atom is -0.497 e. The summed E-state index contributed by atoms with van der Waals surface area (Å²) in [7, 11) is 1.55. The third-order valence-corrected chi connectivity index (χ3v) is 5.41. The number of ether oxygens (including phenoxy) is 3. The molecular formula is C24H16Cl2O5. The van der Waals surface area contributed by atoms with E-state index in [0.29, 0.717) is 43.8 Å². The quantitative estimate of drug-likeness (QED) is 0.269. The van der Waals surface area contributed by atoms with E-state index < -0.39 is 5.97 Å². The zero-order valence-electron chi connectivity index (χ0n) is 16.6. The third-order valence-electron chi connectivity index (χ3n) is 4.76. The Balaban J connectivity index is 1.61. The molecule has 0 saturated heterocycles. The molecule has 0 amide bonds. The fraction of sp³-hybridized carbons (Fsp3) is 0.0833. The van der Waals surface area contributed by atoms with Crippen molar-refractivity contribution < 1.29 is 23.8 Å². The Morgan fingerprint density at radius 3 is 2.32 bits per heavy atom. The van der Waals surface area contributed by atoms with Crippen molar-refractivity contribution in [3.63, 3.8) is 0 Å². The summed E-state index contributed by atoms with van der Waals surface area (Å²) in [5.41, 5.74) is 1.88. The Bertz CT molecular complexity index is 1210. The monoisotopic (exact) mass is 454 g/mol. The van der Waals surface area contributed by atoms with Gasteiger partial charge in [0.1, 0.15) is 17.2 Å². The van der Waals surface area contributed by atoms with Crippen molar-refractivity contribution >= 4 is 41.0 Å². The number of halogens is 2. The van der Waals surface area contributed by atoms with Crippen LogP contribution in [0, 0.1) is 6.92 Å². The number of hydrogen-bond acceptors (Lipinski definition) is 5. The Labute approximate surface area is 188 Å². The smallest absolute Gasteiger partial charge is 0.343 e. The number of carbonyl (C=O) groups excluding carboxylic acids is 2. The lowest BCUT2D eigenvalue weighted by Gasteiger charge is -2.08. The number of benzene rings is 3. The topological polar surface area (TPSA) is 61.8 Å². The number of allylic oxidation sites excluding steroid dienone is 1. The van der Waals surface area contributed by atoms with Gasteiger partial charge in [-0.1, -0.05) is 29.3 Å². The molecule has 4 rings (SSSR count). The van der Waals surface area contributed by atoms with E-state index in [4.69, 9.17) is 37.4 Å². The third kappa shape index (κ3) is 4.15. The summed E-state index contributed by atoms with van der Waals surface area (Å²) in [5, 5.41) is 0.802. The summed E-state index contributed by atoms with van der Waals surface area (Å²) < 4.78 is 16.3. The van der Waals surface area contributed by atoms with Gasteiger partial charge in [-0.15, -0.1) is 0 Å². The second-order valence-corrected chi connectivity index (χ2v) is 7.62. The molecule has 0 saturated carbocycles. The molecule has 1 aliphatic heterocycles. The SMILES string of the molecule is COc1ccc(C(=O)Oc2cc(C)c3c(c2)O/C(=C\c2c(Cl)cccc2Cl)C3=O)cc1. The minimum atomic E-state index is -0.537. The molecule has 0 atom stereocenters. The maximum Gasteiger partial charge on any atom is 0.343 e. The van der Waals surface area contributed by atoms with E-state index in [9.17, 15) is 9.59 Å². The van der Waals surface area contributed by atoms with Crippen molar-refractivity contribution in [2.24, 2.45) is 0 Å². The second-order valence-electron chi connectivity index (χ2n) is 6.81. The number of esters is 1. The number of methoxy groups -OCH3 is 1. The van der Waals surface area contributed by atoms with Crippen LogP contribution in [0.5, 0.6) is 17.2 Å². The first-order valence-corrected chi connectivity index (χ1v) is 10.0. The van der Waals surface area contributed by atoms with Gasteiger partial charge < -0.3 is 14.2 Å². The highest BCUT2D eigenvalue weighted by molar-refractivity contribution is 6.37. The Kier molecular flexibility index (Phi) is 5.72. The molecule has 3 aromatic rings. The predicted octanol–water partition coefficient (Wildman–Crippen LogP) is 6.15. The second kappa shape index (κ2) is 8.46. The van der Waals surface area contributed by atoms with Crippen LogP contribution in [-0.4, -0.2) is 18.9 Å². The molecule has 0 bridgehead atoms. The van der Waals surface area contributed by atoms with E-state index >= 15 is 0 Å². The fourth-order valence-corrected chi connectivity index (χ4v) is 3.72. The lowest BCUT2D eigenvalue weighted by atomic mass is 10.0. The van der Waals surface area contributed by atoms with E-state index in [1.54, 1.807) is 62.6 Å². The van der Waals surface area contributed by atoms with Gasteiger partial charge >= 0.3 is 5.97 Å². The predicted molar refractivity (Wildman–Crippen MR) is 119 cm³/mol. The van der Waals surface area contributed by atoms with Gasteiger partial charge in [-0.2, -0.15) is 0 Å². The van der Waals surface area contributed by atoms with E-state index in [1.807, 2.05) is 0 Å². The zero-order chi connectivity index (χ0) is 22.1. The largest absolute Gasteiger partial charge is 0.497 e. The van der Waals surface area contributed by atoms with Crippen LogP contribution in [0.1, 0.15) is 31.8 Å². The van der Waals surface area contributed by atoms with Gasteiger partial charge in [-0.3, -0.25) is 4.79 Å². The Hall–Kier alpha value is -3.28. The molecule has 1 aliphatic rings. The van der Waals surface area contributed by atoms with Crippen LogP contribution in [0.25, 0.3) is 6.08 Å². The van der Waals surface area contributed by atoms with Gasteiger partial charge in [0, 0.05) is 21.7 Å². The number of fused-ring (bicyclic) bond motifs is 1. The number of Topliss-reactive ketones (excluding diaryl/α,β-unsaturated/α-hetero) is 1. The van der Waals surface area contributed by atoms with E-state index in [1.165, 1.54) is 12.1 Å². The van der Waals surface area contributed by atoms with Crippen LogP contribution in [-0.2, 0) is 0 Å². The number of aryl methyl sites for hydroxylation is 1. The molecule has 0 radical (unpaired) electrons. The fourth-order valence-electron chi connectivity index (χ4n) is 3.21. The van der Waals surface area contributed by atoms with Gasteiger partial charge in [0.15, 0.2) is 5.76 Å². The van der Waals surface area contributed by atoms with Crippen LogP contribution in [0.2, 0.25) is 10.0 Å². The van der Waals surface area contributed by atoms with Crippen molar-refractivity contribution in [1.29, 1.82) is 0 Å². The van der Waals surface area contributed by atoms with Crippen molar-refractivity contribution in [3.05, 3.63) is 92.7 Å². The zero-order valence-corrected chi connectivity index (χ0v) is 18.1. The summed E-state index contributed by atoms with van der Waals surface area (Å²) in [5.74, 6) is 0.460. The van der Waals surface area contributed by atoms with Gasteiger partial charge in [-0.05, 0) is 61.0 Å². The van der Waals surface area contributed by atoms with Crippen molar-refractivity contribution in [2.45, 2.75) is 6.92 Å². The molecule has 31 heavy (non-hydrogen) atoms. The molecule has 5 nitrogen and oxygen atoms in total. The molecule has 0 N–H and O–H groups in total. The van der Waals surface area contributed by atoms with Gasteiger partial charge in [0.05, 0.1) is 18.2 Å². The van der Waals surface area contributed by atoms with Gasteiger partial charge in [0.2, 0.25) is 5.78 Å². The molecule has 156 valence electrons. The highest BCUT2D eigenvalue weighted by Gasteiger charge is 2.30. The maximum atomic E-state index is 12.9. The van der Waals surface area contributed by atoms with Crippen molar-refractivity contribution in [2.75, 3.05) is 7.11 Å². The Morgan fingerprint density at radius 1 is 1.00 bits per heavy atom. The Morgan fingerprint density at radius 2 is 1.68 bits per heavy atom. The number of ketones is 1. The minimum absolute atomic E-state index is 0.0896. The summed E-state index contributed by atoms with van der Waals surface area (Å²) >= 11 is 12.4. The molecule has 0 spiro atoms. The molecule has 1 heterocycles. The molecule has 7 heteroatoms. The standard InChI is InChI=1S/C24H16Cl2O5/c1-13-10-16(30-24(28)14-6-8-15(29-2)9-7-14)11-20-22(13)23(27)21(31-20)12-17-18(25)4-3-5-19(17)26/h3-12H,1-2H3/b21-12-.